The van der Waals surface area contributed by atoms with Gasteiger partial charge in [-0.2, -0.15) is 0 Å². The number of allylic oxidation sites excluding steroid dienone is 2. The van der Waals surface area contributed by atoms with Gasteiger partial charge in [-0.05, 0) is 44.3 Å². The van der Waals surface area contributed by atoms with Crippen LogP contribution in [0.3, 0.4) is 0 Å². The summed E-state index contributed by atoms with van der Waals surface area (Å²) in [5.74, 6) is 0. The van der Waals surface area contributed by atoms with Crippen LogP contribution in [0.25, 0.3) is 0 Å². The van der Waals surface area contributed by atoms with Crippen molar-refractivity contribution < 1.29 is 0 Å². The van der Waals surface area contributed by atoms with Crippen LogP contribution in [0.1, 0.15) is 44.2 Å². The van der Waals surface area contributed by atoms with Crippen LogP contribution in [-0.2, 0) is 0 Å². The molecule has 0 saturated heterocycles. The normalized spacial score (nSPS) is 30.1. The minimum absolute atomic E-state index is 0.110. The van der Waals surface area contributed by atoms with E-state index in [-0.39, 0.29) is 9.49 Å². The van der Waals surface area contributed by atoms with Gasteiger partial charge in [-0.25, -0.2) is 9.98 Å². The van der Waals surface area contributed by atoms with Gasteiger partial charge in [0.05, 0.1) is 20.9 Å². The first-order valence-electron chi connectivity index (χ1n) is 10.2. The maximum atomic E-state index is 5.26. The number of fused-ring (bicyclic) bond motifs is 4. The highest BCUT2D eigenvalue weighted by molar-refractivity contribution is 8.20. The average Bonchev–Trinajstić information content (AvgIpc) is 3.45. The molecule has 2 aliphatic heterocycles. The molecule has 1 saturated carbocycles. The Morgan fingerprint density at radius 1 is 0.655 bits per heavy atom. The summed E-state index contributed by atoms with van der Waals surface area (Å²) in [5.41, 5.74) is 7.99. The molecule has 1 fully saturated rings. The molecule has 2 aromatic carbocycles. The number of nitrogens with zero attached hydrogens (tertiary/aromatic N) is 2. The van der Waals surface area contributed by atoms with E-state index in [0.717, 1.165) is 22.9 Å². The Hall–Kier alpha value is -2.04. The summed E-state index contributed by atoms with van der Waals surface area (Å²) in [5, 5.41) is 2.30. The first-order chi connectivity index (χ1) is 14.1. The van der Waals surface area contributed by atoms with Gasteiger partial charge < -0.3 is 0 Å². The molecule has 0 amide bonds. The minimum atomic E-state index is -0.110. The quantitative estimate of drug-likeness (QED) is 0.553. The van der Waals surface area contributed by atoms with Gasteiger partial charge in [0, 0.05) is 11.1 Å². The summed E-state index contributed by atoms with van der Waals surface area (Å²) in [6, 6.07) is 21.3. The van der Waals surface area contributed by atoms with Crippen LogP contribution in [-0.4, -0.2) is 19.6 Å². The molecule has 4 heteroatoms. The number of rotatable bonds is 2. The lowest BCUT2D eigenvalue weighted by Crippen LogP contribution is -2.47. The van der Waals surface area contributed by atoms with E-state index in [2.05, 4.69) is 74.5 Å². The number of hydrogen-bond donors (Lipinski definition) is 0. The summed E-state index contributed by atoms with van der Waals surface area (Å²) in [7, 11) is 0. The zero-order chi connectivity index (χ0) is 19.6. The van der Waals surface area contributed by atoms with Crippen molar-refractivity contribution in [3.05, 3.63) is 94.3 Å². The van der Waals surface area contributed by atoms with Crippen molar-refractivity contribution in [1.82, 2.24) is 0 Å². The van der Waals surface area contributed by atoms with Gasteiger partial charge in [0.25, 0.3) is 0 Å². The van der Waals surface area contributed by atoms with Crippen molar-refractivity contribution in [2.75, 3.05) is 0 Å². The Bertz CT molecular complexity index is 1050. The zero-order valence-electron chi connectivity index (χ0n) is 16.6. The van der Waals surface area contributed by atoms with Gasteiger partial charge >= 0.3 is 0 Å². The summed E-state index contributed by atoms with van der Waals surface area (Å²) >= 11 is 3.87. The first-order valence-corrected chi connectivity index (χ1v) is 11.9. The molecule has 4 aliphatic rings. The standard InChI is InChI=1S/C25H22N2S2/c1-24-20(26-22(28-24)16-10-5-3-6-11-16)18-14-9-15-19(18)21-25(24,2)29-23(27-21)17-12-7-4-8-13-17/h3-8,10-13H,9,14-15H2,1-2H3. The maximum Gasteiger partial charge on any atom is 0.105 e. The molecule has 0 N–H and O–H groups in total. The van der Waals surface area contributed by atoms with Gasteiger partial charge in [-0.15, -0.1) is 0 Å². The number of hydrogen-bond acceptors (Lipinski definition) is 4. The molecule has 0 aromatic heterocycles. The van der Waals surface area contributed by atoms with Crippen LogP contribution in [0.2, 0.25) is 0 Å². The van der Waals surface area contributed by atoms with Crippen LogP contribution in [0, 0.1) is 0 Å². The monoisotopic (exact) mass is 414 g/mol. The van der Waals surface area contributed by atoms with Gasteiger partial charge in [0.15, 0.2) is 0 Å². The Kier molecular flexibility index (Phi) is 3.82. The molecule has 29 heavy (non-hydrogen) atoms. The highest BCUT2D eigenvalue weighted by Gasteiger charge is 2.61. The molecule has 2 aromatic rings. The van der Waals surface area contributed by atoms with Crippen molar-refractivity contribution in [2.24, 2.45) is 9.98 Å². The minimum Gasteiger partial charge on any atom is -0.244 e. The molecule has 6 rings (SSSR count). The molecule has 2 heterocycles. The molecule has 0 radical (unpaired) electrons. The molecule has 2 unspecified atom stereocenters. The van der Waals surface area contributed by atoms with E-state index < -0.39 is 0 Å². The fourth-order valence-electron chi connectivity index (χ4n) is 4.98. The molecule has 2 aliphatic carbocycles. The smallest absolute Gasteiger partial charge is 0.105 e. The largest absolute Gasteiger partial charge is 0.244 e. The third kappa shape index (κ3) is 2.39. The van der Waals surface area contributed by atoms with Gasteiger partial charge in [-0.3, -0.25) is 0 Å². The molecule has 2 nitrogen and oxygen atoms in total. The van der Waals surface area contributed by atoms with E-state index in [1.54, 1.807) is 0 Å². The Morgan fingerprint density at radius 3 is 1.48 bits per heavy atom. The van der Waals surface area contributed by atoms with E-state index in [1.165, 1.54) is 40.1 Å². The number of aliphatic imine (C=N–C) groups is 2. The van der Waals surface area contributed by atoms with E-state index in [9.17, 15) is 0 Å². The first kappa shape index (κ1) is 17.8. The van der Waals surface area contributed by atoms with E-state index in [0.29, 0.717) is 0 Å². The summed E-state index contributed by atoms with van der Waals surface area (Å²) in [6.45, 7) is 4.79. The van der Waals surface area contributed by atoms with E-state index in [4.69, 9.17) is 9.98 Å². The third-order valence-electron chi connectivity index (χ3n) is 6.67. The lowest BCUT2D eigenvalue weighted by atomic mass is 9.78. The SMILES string of the molecule is CC12SC(c3ccccc3)=NC1=C1CCCC1=C1N=C(c3ccccc3)SC12C. The fraction of sp³-hybridized carbons (Fsp3) is 0.280. The highest BCUT2D eigenvalue weighted by Crippen LogP contribution is 2.66. The molecule has 2 atom stereocenters. The van der Waals surface area contributed by atoms with Gasteiger partial charge in [-0.1, -0.05) is 84.2 Å². The van der Waals surface area contributed by atoms with Crippen molar-refractivity contribution in [3.8, 4) is 0 Å². The number of benzene rings is 2. The highest BCUT2D eigenvalue weighted by atomic mass is 32.2. The predicted molar refractivity (Wildman–Crippen MR) is 126 cm³/mol. The summed E-state index contributed by atoms with van der Waals surface area (Å²) in [6.07, 6.45) is 3.48. The fourth-order valence-corrected chi connectivity index (χ4v) is 7.90. The second kappa shape index (κ2) is 6.23. The molecular formula is C25H22N2S2. The van der Waals surface area contributed by atoms with E-state index in [1.807, 2.05) is 23.5 Å². The van der Waals surface area contributed by atoms with Crippen LogP contribution >= 0.6 is 23.5 Å². The van der Waals surface area contributed by atoms with Crippen LogP contribution < -0.4 is 0 Å². The van der Waals surface area contributed by atoms with Crippen LogP contribution in [0.15, 0.2) is 93.2 Å². The van der Waals surface area contributed by atoms with Crippen molar-refractivity contribution in [3.63, 3.8) is 0 Å². The summed E-state index contributed by atoms with van der Waals surface area (Å²) < 4.78 is -0.219. The second-order valence-electron chi connectivity index (χ2n) is 8.34. The lowest BCUT2D eigenvalue weighted by Gasteiger charge is -2.44. The molecule has 0 bridgehead atoms. The zero-order valence-corrected chi connectivity index (χ0v) is 18.2. The topological polar surface area (TPSA) is 24.7 Å². The maximum absolute atomic E-state index is 5.26. The Balaban J connectivity index is 1.52. The van der Waals surface area contributed by atoms with Crippen molar-refractivity contribution in [2.45, 2.75) is 42.6 Å². The van der Waals surface area contributed by atoms with E-state index >= 15 is 0 Å². The predicted octanol–water partition coefficient (Wildman–Crippen LogP) is 6.60. The van der Waals surface area contributed by atoms with Crippen LogP contribution in [0.4, 0.5) is 0 Å². The third-order valence-corrected chi connectivity index (χ3v) is 9.86. The molecular weight excluding hydrogens is 392 g/mol. The van der Waals surface area contributed by atoms with Gasteiger partial charge in [0.1, 0.15) is 10.1 Å². The molecule has 0 spiro atoms. The average molecular weight is 415 g/mol. The Labute approximate surface area is 180 Å². The van der Waals surface area contributed by atoms with Crippen LogP contribution in [0.5, 0.6) is 0 Å². The second-order valence-corrected chi connectivity index (χ2v) is 11.2. The van der Waals surface area contributed by atoms with Crippen molar-refractivity contribution >= 4 is 33.6 Å². The van der Waals surface area contributed by atoms with Gasteiger partial charge in [0.2, 0.25) is 0 Å². The number of thioether (sulfide) groups is 2. The molecule has 144 valence electrons. The lowest BCUT2D eigenvalue weighted by molar-refractivity contribution is 0.580. The summed E-state index contributed by atoms with van der Waals surface area (Å²) in [4.78, 5) is 10.5. The Morgan fingerprint density at radius 2 is 1.07 bits per heavy atom. The van der Waals surface area contributed by atoms with Crippen molar-refractivity contribution in [1.29, 1.82) is 0 Å².